The highest BCUT2D eigenvalue weighted by Crippen LogP contribution is 2.10. The van der Waals surface area contributed by atoms with Gasteiger partial charge in [0, 0.05) is 6.20 Å². The van der Waals surface area contributed by atoms with Crippen LogP contribution in [0.5, 0.6) is 0 Å². The van der Waals surface area contributed by atoms with E-state index in [-0.39, 0.29) is 11.1 Å². The summed E-state index contributed by atoms with van der Waals surface area (Å²) in [6, 6.07) is 11.3. The van der Waals surface area contributed by atoms with Gasteiger partial charge in [0.15, 0.2) is 0 Å². The van der Waals surface area contributed by atoms with Crippen molar-refractivity contribution < 1.29 is 0 Å². The Balaban J connectivity index is 2.38. The molecule has 18 heavy (non-hydrogen) atoms. The van der Waals surface area contributed by atoms with Crippen LogP contribution in [-0.4, -0.2) is 4.57 Å². The average molecular weight is 238 g/mol. The molecule has 0 bridgehead atoms. The molecule has 90 valence electrons. The van der Waals surface area contributed by atoms with Crippen LogP contribution in [0.25, 0.3) is 0 Å². The Morgan fingerprint density at radius 1 is 1.22 bits per heavy atom. The van der Waals surface area contributed by atoms with Crippen molar-refractivity contribution in [3.05, 3.63) is 69.1 Å². The van der Waals surface area contributed by atoms with Crippen molar-refractivity contribution in [3.63, 3.8) is 0 Å². The highest BCUT2D eigenvalue weighted by atomic mass is 16.1. The lowest BCUT2D eigenvalue weighted by Crippen LogP contribution is -2.22. The molecule has 2 rings (SSSR count). The topological polar surface area (TPSA) is 45.8 Å². The largest absolute Gasteiger partial charge is 0.310 e. The molecule has 2 aromatic rings. The van der Waals surface area contributed by atoms with Gasteiger partial charge in [-0.15, -0.1) is 0 Å². The van der Waals surface area contributed by atoms with E-state index in [0.717, 1.165) is 5.56 Å². The summed E-state index contributed by atoms with van der Waals surface area (Å²) in [6.45, 7) is 4.60. The number of hydrogen-bond donors (Lipinski definition) is 0. The fourth-order valence-electron chi connectivity index (χ4n) is 1.85. The standard InChI is InChI=1S/C15H14N2O/c1-11-5-6-13(8-12(11)2)10-17-7-3-4-14(9-16)15(17)18/h3-8H,10H2,1-2H3. The normalized spacial score (nSPS) is 10.1. The lowest BCUT2D eigenvalue weighted by atomic mass is 10.1. The lowest BCUT2D eigenvalue weighted by molar-refractivity contribution is 0.755. The van der Waals surface area contributed by atoms with Gasteiger partial charge < -0.3 is 4.57 Å². The molecule has 0 saturated carbocycles. The summed E-state index contributed by atoms with van der Waals surface area (Å²) < 4.78 is 1.56. The zero-order chi connectivity index (χ0) is 13.1. The highest BCUT2D eigenvalue weighted by Gasteiger charge is 2.03. The van der Waals surface area contributed by atoms with Crippen LogP contribution in [0, 0.1) is 25.2 Å². The molecule has 1 aromatic carbocycles. The maximum Gasteiger partial charge on any atom is 0.268 e. The van der Waals surface area contributed by atoms with Crippen molar-refractivity contribution in [3.8, 4) is 6.07 Å². The summed E-state index contributed by atoms with van der Waals surface area (Å²) in [5, 5.41) is 8.83. The van der Waals surface area contributed by atoms with E-state index in [1.54, 1.807) is 22.9 Å². The molecule has 0 amide bonds. The van der Waals surface area contributed by atoms with Gasteiger partial charge in [-0.25, -0.2) is 0 Å². The molecule has 0 aliphatic heterocycles. The SMILES string of the molecule is Cc1ccc(Cn2cccc(C#N)c2=O)cc1C. The molecule has 0 N–H and O–H groups in total. The second-order valence-electron chi connectivity index (χ2n) is 4.39. The predicted octanol–water partition coefficient (Wildman–Crippen LogP) is 2.39. The van der Waals surface area contributed by atoms with E-state index >= 15 is 0 Å². The zero-order valence-corrected chi connectivity index (χ0v) is 10.5. The number of benzene rings is 1. The smallest absolute Gasteiger partial charge is 0.268 e. The predicted molar refractivity (Wildman–Crippen MR) is 70.4 cm³/mol. The van der Waals surface area contributed by atoms with E-state index in [9.17, 15) is 4.79 Å². The third kappa shape index (κ3) is 2.33. The number of hydrogen-bond acceptors (Lipinski definition) is 2. The third-order valence-corrected chi connectivity index (χ3v) is 3.06. The van der Waals surface area contributed by atoms with Gasteiger partial charge in [-0.05, 0) is 42.7 Å². The van der Waals surface area contributed by atoms with Crippen molar-refractivity contribution in [1.29, 1.82) is 5.26 Å². The monoisotopic (exact) mass is 238 g/mol. The second-order valence-corrected chi connectivity index (χ2v) is 4.39. The van der Waals surface area contributed by atoms with Crippen LogP contribution in [-0.2, 0) is 6.54 Å². The number of aromatic nitrogens is 1. The molecule has 0 fully saturated rings. The van der Waals surface area contributed by atoms with E-state index in [2.05, 4.69) is 13.0 Å². The Morgan fingerprint density at radius 3 is 2.67 bits per heavy atom. The Morgan fingerprint density at radius 2 is 2.00 bits per heavy atom. The van der Waals surface area contributed by atoms with Gasteiger partial charge in [0.05, 0.1) is 6.54 Å². The third-order valence-electron chi connectivity index (χ3n) is 3.06. The summed E-state index contributed by atoms with van der Waals surface area (Å²) in [5.41, 5.74) is 3.45. The molecule has 0 saturated heterocycles. The number of nitriles is 1. The van der Waals surface area contributed by atoms with Crippen LogP contribution in [0.3, 0.4) is 0 Å². The first-order valence-corrected chi connectivity index (χ1v) is 5.77. The van der Waals surface area contributed by atoms with Crippen molar-refractivity contribution >= 4 is 0 Å². The Kier molecular flexibility index (Phi) is 3.29. The Bertz CT molecular complexity index is 678. The van der Waals surface area contributed by atoms with Crippen molar-refractivity contribution in [2.24, 2.45) is 0 Å². The average Bonchev–Trinajstić information content (AvgIpc) is 2.36. The van der Waals surface area contributed by atoms with Gasteiger partial charge in [-0.2, -0.15) is 5.26 Å². The summed E-state index contributed by atoms with van der Waals surface area (Å²) in [5.74, 6) is 0. The lowest BCUT2D eigenvalue weighted by Gasteiger charge is -2.08. The van der Waals surface area contributed by atoms with Gasteiger partial charge in [-0.1, -0.05) is 18.2 Å². The van der Waals surface area contributed by atoms with Crippen LogP contribution >= 0.6 is 0 Å². The van der Waals surface area contributed by atoms with Crippen molar-refractivity contribution in [2.45, 2.75) is 20.4 Å². The number of nitrogens with zero attached hydrogens (tertiary/aromatic N) is 2. The van der Waals surface area contributed by atoms with Gasteiger partial charge >= 0.3 is 0 Å². The fraction of sp³-hybridized carbons (Fsp3) is 0.200. The molecule has 0 unspecified atom stereocenters. The summed E-state index contributed by atoms with van der Waals surface area (Å²) in [4.78, 5) is 11.9. The zero-order valence-electron chi connectivity index (χ0n) is 10.5. The van der Waals surface area contributed by atoms with E-state index in [1.165, 1.54) is 11.1 Å². The van der Waals surface area contributed by atoms with Crippen LogP contribution in [0.1, 0.15) is 22.3 Å². The van der Waals surface area contributed by atoms with Gasteiger partial charge in [0.2, 0.25) is 0 Å². The minimum Gasteiger partial charge on any atom is -0.310 e. The summed E-state index contributed by atoms with van der Waals surface area (Å²) in [7, 11) is 0. The molecular formula is C15H14N2O. The first-order chi connectivity index (χ1) is 8.61. The minimum atomic E-state index is -0.238. The maximum atomic E-state index is 11.9. The highest BCUT2D eigenvalue weighted by molar-refractivity contribution is 5.31. The van der Waals surface area contributed by atoms with Crippen molar-refractivity contribution in [2.75, 3.05) is 0 Å². The van der Waals surface area contributed by atoms with Crippen LogP contribution in [0.2, 0.25) is 0 Å². The molecule has 0 spiro atoms. The Hall–Kier alpha value is -2.34. The van der Waals surface area contributed by atoms with Crippen LogP contribution in [0.15, 0.2) is 41.3 Å². The molecule has 0 radical (unpaired) electrons. The van der Waals surface area contributed by atoms with E-state index in [4.69, 9.17) is 5.26 Å². The van der Waals surface area contributed by atoms with E-state index in [0.29, 0.717) is 6.54 Å². The van der Waals surface area contributed by atoms with Gasteiger partial charge in [0.1, 0.15) is 11.6 Å². The van der Waals surface area contributed by atoms with Crippen molar-refractivity contribution in [1.82, 2.24) is 4.57 Å². The first kappa shape index (κ1) is 12.1. The maximum absolute atomic E-state index is 11.9. The first-order valence-electron chi connectivity index (χ1n) is 5.77. The van der Waals surface area contributed by atoms with Crippen LogP contribution in [0.4, 0.5) is 0 Å². The molecule has 3 heteroatoms. The molecular weight excluding hydrogens is 224 g/mol. The van der Waals surface area contributed by atoms with Gasteiger partial charge in [0.25, 0.3) is 5.56 Å². The minimum absolute atomic E-state index is 0.182. The van der Waals surface area contributed by atoms with Crippen LogP contribution < -0.4 is 5.56 Å². The van der Waals surface area contributed by atoms with Gasteiger partial charge in [-0.3, -0.25) is 4.79 Å². The molecule has 0 atom stereocenters. The number of aryl methyl sites for hydroxylation is 2. The second kappa shape index (κ2) is 4.89. The molecule has 0 aliphatic rings. The van der Waals surface area contributed by atoms with E-state index < -0.39 is 0 Å². The fourth-order valence-corrected chi connectivity index (χ4v) is 1.85. The number of rotatable bonds is 2. The quantitative estimate of drug-likeness (QED) is 0.806. The van der Waals surface area contributed by atoms with E-state index in [1.807, 2.05) is 25.1 Å². The molecule has 3 nitrogen and oxygen atoms in total. The Labute approximate surface area is 106 Å². The summed E-state index contributed by atoms with van der Waals surface area (Å²) in [6.07, 6.45) is 1.71. The molecule has 1 aromatic heterocycles. The molecule has 0 aliphatic carbocycles. The number of pyridine rings is 1. The summed E-state index contributed by atoms with van der Waals surface area (Å²) >= 11 is 0. The molecule has 1 heterocycles.